The minimum atomic E-state index is -0.0840. The van der Waals surface area contributed by atoms with Crippen LogP contribution in [0.15, 0.2) is 59.4 Å². The van der Waals surface area contributed by atoms with Gasteiger partial charge in [-0.2, -0.15) is 0 Å². The van der Waals surface area contributed by atoms with Crippen molar-refractivity contribution >= 4 is 5.91 Å². The average molecular weight is 377 g/mol. The van der Waals surface area contributed by atoms with Gasteiger partial charge in [0.1, 0.15) is 5.75 Å². The lowest BCUT2D eigenvalue weighted by Gasteiger charge is -2.24. The fourth-order valence-electron chi connectivity index (χ4n) is 3.66. The highest BCUT2D eigenvalue weighted by Gasteiger charge is 2.26. The zero-order valence-electron chi connectivity index (χ0n) is 15.9. The van der Waals surface area contributed by atoms with Crippen LogP contribution in [0.3, 0.4) is 0 Å². The van der Waals surface area contributed by atoms with Gasteiger partial charge < -0.3 is 14.2 Å². The summed E-state index contributed by atoms with van der Waals surface area (Å²) in [6, 6.07) is 13.5. The van der Waals surface area contributed by atoms with Crippen molar-refractivity contribution < 1.29 is 14.1 Å². The fourth-order valence-corrected chi connectivity index (χ4v) is 3.66. The Bertz CT molecular complexity index is 922. The van der Waals surface area contributed by atoms with Crippen LogP contribution in [0.5, 0.6) is 5.75 Å². The summed E-state index contributed by atoms with van der Waals surface area (Å²) in [5, 5.41) is 4.01. The van der Waals surface area contributed by atoms with Gasteiger partial charge in [0.15, 0.2) is 11.5 Å². The quantitative estimate of drug-likeness (QED) is 0.683. The molecule has 0 saturated carbocycles. The van der Waals surface area contributed by atoms with E-state index in [0.717, 1.165) is 37.1 Å². The topological polar surface area (TPSA) is 68.5 Å². The first kappa shape index (κ1) is 18.2. The summed E-state index contributed by atoms with van der Waals surface area (Å²) < 4.78 is 10.6. The van der Waals surface area contributed by atoms with Crippen molar-refractivity contribution in [3.8, 4) is 17.1 Å². The van der Waals surface area contributed by atoms with Gasteiger partial charge >= 0.3 is 0 Å². The number of methoxy groups -OCH3 is 1. The lowest BCUT2D eigenvalue weighted by Crippen LogP contribution is -2.34. The summed E-state index contributed by atoms with van der Waals surface area (Å²) in [5.41, 5.74) is 2.38. The van der Waals surface area contributed by atoms with Gasteiger partial charge in [0.05, 0.1) is 7.11 Å². The number of carbonyl (C=O) groups is 1. The molecular formula is C22H23N3O3. The average Bonchev–Trinajstić information content (AvgIpc) is 3.12. The third-order valence-corrected chi connectivity index (χ3v) is 5.22. The number of rotatable bonds is 4. The molecule has 1 aliphatic heterocycles. The molecule has 1 fully saturated rings. The van der Waals surface area contributed by atoms with Crippen molar-refractivity contribution in [1.82, 2.24) is 15.0 Å². The molecule has 1 saturated heterocycles. The Morgan fingerprint density at radius 1 is 1.21 bits per heavy atom. The highest BCUT2D eigenvalue weighted by Crippen LogP contribution is 2.29. The van der Waals surface area contributed by atoms with E-state index < -0.39 is 0 Å². The first-order valence-corrected chi connectivity index (χ1v) is 9.55. The van der Waals surface area contributed by atoms with Crippen molar-refractivity contribution in [1.29, 1.82) is 0 Å². The van der Waals surface area contributed by atoms with Crippen LogP contribution in [0.4, 0.5) is 0 Å². The molecule has 0 N–H and O–H groups in total. The minimum absolute atomic E-state index is 0.0840. The maximum Gasteiger partial charge on any atom is 0.276 e. The Morgan fingerprint density at radius 3 is 2.82 bits per heavy atom. The number of carbonyl (C=O) groups excluding carboxylic acids is 1. The van der Waals surface area contributed by atoms with Gasteiger partial charge in [-0.1, -0.05) is 23.7 Å². The second kappa shape index (κ2) is 8.25. The molecule has 1 aliphatic rings. The van der Waals surface area contributed by atoms with Crippen LogP contribution >= 0.6 is 0 Å². The first-order chi connectivity index (χ1) is 13.7. The Balaban J connectivity index is 1.51. The molecule has 0 spiro atoms. The zero-order chi connectivity index (χ0) is 19.3. The molecule has 28 heavy (non-hydrogen) atoms. The van der Waals surface area contributed by atoms with Crippen molar-refractivity contribution in [3.63, 3.8) is 0 Å². The summed E-state index contributed by atoms with van der Waals surface area (Å²) >= 11 is 0. The van der Waals surface area contributed by atoms with Gasteiger partial charge in [0, 0.05) is 43.0 Å². The van der Waals surface area contributed by atoms with E-state index in [1.165, 1.54) is 5.56 Å². The number of hydrogen-bond acceptors (Lipinski definition) is 5. The normalized spacial score (nSPS) is 17.2. The van der Waals surface area contributed by atoms with Gasteiger partial charge in [-0.25, -0.2) is 0 Å². The molecule has 0 bridgehead atoms. The van der Waals surface area contributed by atoms with E-state index in [-0.39, 0.29) is 5.91 Å². The number of likely N-dealkylation sites (tertiary alicyclic amines) is 1. The standard InChI is InChI=1S/C22H23N3O3/c1-27-19-9-7-16(8-10-19)18-5-2-3-12-25(15-18)22(26)20-13-21(28-24-20)17-6-4-11-23-14-17/h4,6-11,13-14,18H,2-3,5,12,15H2,1H3. The van der Waals surface area contributed by atoms with Gasteiger partial charge in [-0.3, -0.25) is 9.78 Å². The molecule has 144 valence electrons. The maximum atomic E-state index is 13.0. The molecule has 1 atom stereocenters. The van der Waals surface area contributed by atoms with Gasteiger partial charge in [-0.05, 0) is 42.7 Å². The summed E-state index contributed by atoms with van der Waals surface area (Å²) in [5.74, 6) is 1.62. The smallest absolute Gasteiger partial charge is 0.276 e. The molecule has 6 heteroatoms. The number of amides is 1. The summed E-state index contributed by atoms with van der Waals surface area (Å²) in [7, 11) is 1.67. The largest absolute Gasteiger partial charge is 0.497 e. The van der Waals surface area contributed by atoms with Crippen LogP contribution in [0.2, 0.25) is 0 Å². The molecule has 0 aliphatic carbocycles. The predicted octanol–water partition coefficient (Wildman–Crippen LogP) is 4.16. The number of hydrogen-bond donors (Lipinski definition) is 0. The molecule has 2 aromatic heterocycles. The lowest BCUT2D eigenvalue weighted by molar-refractivity contribution is 0.0744. The summed E-state index contributed by atoms with van der Waals surface area (Å²) in [6.45, 7) is 1.42. The van der Waals surface area contributed by atoms with Crippen LogP contribution in [0.25, 0.3) is 11.3 Å². The van der Waals surface area contributed by atoms with Crippen LogP contribution in [-0.2, 0) is 0 Å². The highest BCUT2D eigenvalue weighted by atomic mass is 16.5. The molecular weight excluding hydrogens is 354 g/mol. The summed E-state index contributed by atoms with van der Waals surface area (Å²) in [4.78, 5) is 19.0. The van der Waals surface area contributed by atoms with Gasteiger partial charge in [0.2, 0.25) is 0 Å². The number of ether oxygens (including phenoxy) is 1. The second-order valence-corrected chi connectivity index (χ2v) is 7.04. The lowest BCUT2D eigenvalue weighted by atomic mass is 9.94. The third kappa shape index (κ3) is 3.91. The Hall–Kier alpha value is -3.15. The monoisotopic (exact) mass is 377 g/mol. The Labute approximate surface area is 164 Å². The zero-order valence-corrected chi connectivity index (χ0v) is 15.9. The van der Waals surface area contributed by atoms with Crippen molar-refractivity contribution in [2.24, 2.45) is 0 Å². The number of benzene rings is 1. The SMILES string of the molecule is COc1ccc(C2CCCCN(C(=O)c3cc(-c4cccnc4)on3)C2)cc1. The number of aromatic nitrogens is 2. The van der Waals surface area contributed by atoms with Crippen LogP contribution in [-0.4, -0.2) is 41.1 Å². The minimum Gasteiger partial charge on any atom is -0.497 e. The third-order valence-electron chi connectivity index (χ3n) is 5.22. The van der Waals surface area contributed by atoms with Crippen LogP contribution in [0, 0.1) is 0 Å². The molecule has 1 unspecified atom stereocenters. The van der Waals surface area contributed by atoms with Crippen molar-refractivity contribution in [2.75, 3.05) is 20.2 Å². The van der Waals surface area contributed by atoms with Gasteiger partial charge in [-0.15, -0.1) is 0 Å². The molecule has 3 heterocycles. The molecule has 1 aromatic carbocycles. The van der Waals surface area contributed by atoms with E-state index in [1.54, 1.807) is 25.6 Å². The fraction of sp³-hybridized carbons (Fsp3) is 0.318. The molecule has 3 aromatic rings. The van der Waals surface area contributed by atoms with Crippen molar-refractivity contribution in [2.45, 2.75) is 25.2 Å². The van der Waals surface area contributed by atoms with E-state index in [1.807, 2.05) is 29.2 Å². The van der Waals surface area contributed by atoms with E-state index in [9.17, 15) is 4.79 Å². The van der Waals surface area contributed by atoms with E-state index >= 15 is 0 Å². The van der Waals surface area contributed by atoms with E-state index in [0.29, 0.717) is 23.9 Å². The van der Waals surface area contributed by atoms with E-state index in [4.69, 9.17) is 9.26 Å². The molecule has 4 rings (SSSR count). The molecule has 0 radical (unpaired) electrons. The Kier molecular flexibility index (Phi) is 5.37. The molecule has 6 nitrogen and oxygen atoms in total. The van der Waals surface area contributed by atoms with Gasteiger partial charge in [0.25, 0.3) is 5.91 Å². The Morgan fingerprint density at radius 2 is 2.07 bits per heavy atom. The first-order valence-electron chi connectivity index (χ1n) is 9.55. The van der Waals surface area contributed by atoms with E-state index in [2.05, 4.69) is 22.3 Å². The van der Waals surface area contributed by atoms with Crippen molar-refractivity contribution in [3.05, 3.63) is 66.1 Å². The highest BCUT2D eigenvalue weighted by molar-refractivity contribution is 5.93. The number of nitrogens with zero attached hydrogens (tertiary/aromatic N) is 3. The van der Waals surface area contributed by atoms with Crippen LogP contribution < -0.4 is 4.74 Å². The maximum absolute atomic E-state index is 13.0. The molecule has 1 amide bonds. The summed E-state index contributed by atoms with van der Waals surface area (Å²) in [6.07, 6.45) is 6.55. The van der Waals surface area contributed by atoms with Crippen LogP contribution in [0.1, 0.15) is 41.2 Å². The second-order valence-electron chi connectivity index (χ2n) is 7.04. The number of pyridine rings is 1. The predicted molar refractivity (Wildman–Crippen MR) is 105 cm³/mol.